The number of piperazine rings is 1. The molecule has 1 saturated carbocycles. The van der Waals surface area contributed by atoms with Crippen molar-refractivity contribution in [3.63, 3.8) is 0 Å². The van der Waals surface area contributed by atoms with Crippen LogP contribution in [0.25, 0.3) is 10.9 Å². The monoisotopic (exact) mass is 466 g/mol. The summed E-state index contributed by atoms with van der Waals surface area (Å²) >= 11 is 0. The SMILES string of the molecule is CCC(C)(C)C1CCC(N2CCN(Cc3nc(NCCCNC)c4ccccc4n3)CC2)CC1. The summed E-state index contributed by atoms with van der Waals surface area (Å²) in [6.07, 6.45) is 7.94. The Labute approximate surface area is 206 Å². The van der Waals surface area contributed by atoms with E-state index in [1.54, 1.807) is 0 Å². The van der Waals surface area contributed by atoms with E-state index in [-0.39, 0.29) is 0 Å². The number of anilines is 1. The van der Waals surface area contributed by atoms with Crippen LogP contribution in [0, 0.1) is 11.3 Å². The van der Waals surface area contributed by atoms with Crippen molar-refractivity contribution in [1.29, 1.82) is 0 Å². The van der Waals surface area contributed by atoms with Crippen LogP contribution in [0.4, 0.5) is 5.82 Å². The molecule has 1 aromatic heterocycles. The summed E-state index contributed by atoms with van der Waals surface area (Å²) < 4.78 is 0. The molecule has 2 aliphatic rings. The number of rotatable bonds is 10. The average molecular weight is 467 g/mol. The molecule has 1 aromatic carbocycles. The van der Waals surface area contributed by atoms with Crippen molar-refractivity contribution in [3.8, 4) is 0 Å². The van der Waals surface area contributed by atoms with Crippen LogP contribution in [0.3, 0.4) is 0 Å². The van der Waals surface area contributed by atoms with E-state index in [2.05, 4.69) is 65.5 Å². The number of fused-ring (bicyclic) bond motifs is 1. The average Bonchev–Trinajstić information content (AvgIpc) is 2.87. The zero-order valence-electron chi connectivity index (χ0n) is 21.9. The highest BCUT2D eigenvalue weighted by Gasteiger charge is 2.34. The van der Waals surface area contributed by atoms with Crippen molar-refractivity contribution in [2.45, 2.75) is 71.9 Å². The van der Waals surface area contributed by atoms with Crippen molar-refractivity contribution in [1.82, 2.24) is 25.1 Å². The second-order valence-electron chi connectivity index (χ2n) is 11.0. The third-order valence-corrected chi connectivity index (χ3v) is 8.55. The number of hydrogen-bond acceptors (Lipinski definition) is 6. The summed E-state index contributed by atoms with van der Waals surface area (Å²) in [5, 5.41) is 7.88. The molecule has 34 heavy (non-hydrogen) atoms. The molecule has 2 heterocycles. The Balaban J connectivity index is 1.31. The summed E-state index contributed by atoms with van der Waals surface area (Å²) in [4.78, 5) is 15.2. The van der Waals surface area contributed by atoms with Gasteiger partial charge in [-0.25, -0.2) is 9.97 Å². The number of hydrogen-bond donors (Lipinski definition) is 2. The number of nitrogens with zero attached hydrogens (tertiary/aromatic N) is 4. The van der Waals surface area contributed by atoms with Crippen LogP contribution in [0.15, 0.2) is 24.3 Å². The number of aromatic nitrogens is 2. The molecule has 0 amide bonds. The minimum Gasteiger partial charge on any atom is -0.369 e. The largest absolute Gasteiger partial charge is 0.369 e. The molecule has 2 N–H and O–H groups in total. The molecule has 1 aliphatic heterocycles. The van der Waals surface area contributed by atoms with Crippen LogP contribution in [0.1, 0.15) is 65.1 Å². The summed E-state index contributed by atoms with van der Waals surface area (Å²) in [5.74, 6) is 2.81. The maximum atomic E-state index is 4.94. The van der Waals surface area contributed by atoms with Gasteiger partial charge in [0.1, 0.15) is 11.6 Å². The molecule has 1 aliphatic carbocycles. The minimum absolute atomic E-state index is 0.504. The van der Waals surface area contributed by atoms with Crippen molar-refractivity contribution < 1.29 is 0 Å². The molecule has 0 radical (unpaired) electrons. The predicted molar refractivity (Wildman–Crippen MR) is 143 cm³/mol. The topological polar surface area (TPSA) is 56.3 Å². The summed E-state index contributed by atoms with van der Waals surface area (Å²) in [7, 11) is 2.00. The zero-order chi connectivity index (χ0) is 24.0. The van der Waals surface area contributed by atoms with Gasteiger partial charge in [-0.1, -0.05) is 39.3 Å². The highest BCUT2D eigenvalue weighted by atomic mass is 15.3. The van der Waals surface area contributed by atoms with E-state index in [0.717, 1.165) is 73.6 Å². The van der Waals surface area contributed by atoms with Gasteiger partial charge in [-0.15, -0.1) is 0 Å². The minimum atomic E-state index is 0.504. The van der Waals surface area contributed by atoms with E-state index in [0.29, 0.717) is 5.41 Å². The van der Waals surface area contributed by atoms with Gasteiger partial charge in [0.15, 0.2) is 0 Å². The maximum absolute atomic E-state index is 4.94. The first-order valence-corrected chi connectivity index (χ1v) is 13.6. The number of benzene rings is 1. The Bertz CT molecular complexity index is 897. The molecule has 188 valence electrons. The van der Waals surface area contributed by atoms with Gasteiger partial charge in [0.25, 0.3) is 0 Å². The summed E-state index contributed by atoms with van der Waals surface area (Å²) in [6, 6.07) is 9.15. The Morgan fingerprint density at radius 2 is 1.71 bits per heavy atom. The standard InChI is InChI=1S/C28H46N6/c1-5-28(2,3)22-11-13-23(14-12-22)34-19-17-33(18-20-34)21-26-31-25-10-7-6-9-24(25)27(32-26)30-16-8-15-29-4/h6-7,9-10,22-23,29H,5,8,11-21H2,1-4H3,(H,30,31,32). The lowest BCUT2D eigenvalue weighted by atomic mass is 9.68. The van der Waals surface area contributed by atoms with Crippen LogP contribution in [-0.4, -0.2) is 72.1 Å². The van der Waals surface area contributed by atoms with Gasteiger partial charge in [0.05, 0.1) is 12.1 Å². The summed E-state index contributed by atoms with van der Waals surface area (Å²) in [6.45, 7) is 14.6. The maximum Gasteiger partial charge on any atom is 0.145 e. The van der Waals surface area contributed by atoms with Gasteiger partial charge >= 0.3 is 0 Å². The van der Waals surface area contributed by atoms with Crippen LogP contribution in [-0.2, 0) is 6.54 Å². The lowest BCUT2D eigenvalue weighted by Crippen LogP contribution is -2.51. The Morgan fingerprint density at radius 3 is 2.41 bits per heavy atom. The van der Waals surface area contributed by atoms with Gasteiger partial charge in [0, 0.05) is 44.2 Å². The Kier molecular flexibility index (Phi) is 8.78. The highest BCUT2D eigenvalue weighted by molar-refractivity contribution is 5.88. The van der Waals surface area contributed by atoms with E-state index >= 15 is 0 Å². The van der Waals surface area contributed by atoms with E-state index in [9.17, 15) is 0 Å². The molecule has 6 nitrogen and oxygen atoms in total. The highest BCUT2D eigenvalue weighted by Crippen LogP contribution is 2.41. The molecule has 0 spiro atoms. The second-order valence-corrected chi connectivity index (χ2v) is 11.0. The number of nitrogens with one attached hydrogen (secondary N) is 2. The van der Waals surface area contributed by atoms with Gasteiger partial charge in [0.2, 0.25) is 0 Å². The summed E-state index contributed by atoms with van der Waals surface area (Å²) in [5.41, 5.74) is 1.54. The molecule has 0 atom stereocenters. The van der Waals surface area contributed by atoms with Gasteiger partial charge < -0.3 is 10.6 Å². The van der Waals surface area contributed by atoms with Gasteiger partial charge in [-0.3, -0.25) is 9.80 Å². The van der Waals surface area contributed by atoms with Crippen LogP contribution < -0.4 is 10.6 Å². The van der Waals surface area contributed by atoms with Gasteiger partial charge in [-0.2, -0.15) is 0 Å². The van der Waals surface area contributed by atoms with Crippen molar-refractivity contribution in [2.24, 2.45) is 11.3 Å². The molecule has 0 unspecified atom stereocenters. The Morgan fingerprint density at radius 1 is 0.971 bits per heavy atom. The quantitative estimate of drug-likeness (QED) is 0.492. The normalized spacial score (nSPS) is 22.8. The molecular weight excluding hydrogens is 420 g/mol. The molecule has 6 heteroatoms. The lowest BCUT2D eigenvalue weighted by Gasteiger charge is -2.44. The van der Waals surface area contributed by atoms with Crippen LogP contribution >= 0.6 is 0 Å². The molecule has 4 rings (SSSR count). The van der Waals surface area contributed by atoms with Crippen LogP contribution in [0.5, 0.6) is 0 Å². The fourth-order valence-electron chi connectivity index (χ4n) is 5.80. The second kappa shape index (κ2) is 11.8. The van der Waals surface area contributed by atoms with Crippen molar-refractivity contribution in [2.75, 3.05) is 51.6 Å². The predicted octanol–water partition coefficient (Wildman–Crippen LogP) is 4.76. The molecule has 0 bridgehead atoms. The van der Waals surface area contributed by atoms with E-state index in [1.165, 1.54) is 45.2 Å². The Hall–Kier alpha value is -1.76. The zero-order valence-corrected chi connectivity index (χ0v) is 21.9. The van der Waals surface area contributed by atoms with Crippen molar-refractivity contribution in [3.05, 3.63) is 30.1 Å². The van der Waals surface area contributed by atoms with Crippen LogP contribution in [0.2, 0.25) is 0 Å². The third kappa shape index (κ3) is 6.27. The molecule has 2 fully saturated rings. The van der Waals surface area contributed by atoms with Crippen molar-refractivity contribution >= 4 is 16.7 Å². The first kappa shape index (κ1) is 25.3. The molecule has 1 saturated heterocycles. The van der Waals surface area contributed by atoms with E-state index < -0.39 is 0 Å². The number of para-hydroxylation sites is 1. The first-order chi connectivity index (χ1) is 16.5. The molecule has 2 aromatic rings. The fraction of sp³-hybridized carbons (Fsp3) is 0.714. The van der Waals surface area contributed by atoms with E-state index in [4.69, 9.17) is 9.97 Å². The third-order valence-electron chi connectivity index (χ3n) is 8.55. The fourth-order valence-corrected chi connectivity index (χ4v) is 5.80. The smallest absolute Gasteiger partial charge is 0.145 e. The van der Waals surface area contributed by atoms with Gasteiger partial charge in [-0.05, 0) is 69.2 Å². The van der Waals surface area contributed by atoms with E-state index in [1.807, 2.05) is 7.05 Å². The lowest BCUT2D eigenvalue weighted by molar-refractivity contribution is 0.0470. The first-order valence-electron chi connectivity index (χ1n) is 13.6. The molecular formula is C28H46N6.